The van der Waals surface area contributed by atoms with Gasteiger partial charge in [0.05, 0.1) is 19.4 Å². The number of hydrogen-bond acceptors (Lipinski definition) is 8. The minimum atomic E-state index is 0.375. The zero-order valence-electron chi connectivity index (χ0n) is 18.3. The summed E-state index contributed by atoms with van der Waals surface area (Å²) in [5.41, 5.74) is 7.17. The molecule has 8 heteroatoms. The first-order chi connectivity index (χ1) is 15.7. The van der Waals surface area contributed by atoms with E-state index in [0.717, 1.165) is 29.9 Å². The molecule has 0 saturated carbocycles. The summed E-state index contributed by atoms with van der Waals surface area (Å²) in [5.74, 6) is 1.42. The van der Waals surface area contributed by atoms with Gasteiger partial charge in [0, 0.05) is 18.8 Å². The van der Waals surface area contributed by atoms with Crippen LogP contribution >= 0.6 is 0 Å². The van der Waals surface area contributed by atoms with E-state index in [1.807, 2.05) is 61.5 Å². The van der Waals surface area contributed by atoms with Crippen LogP contribution in [0.5, 0.6) is 0 Å². The predicted molar refractivity (Wildman–Crippen MR) is 130 cm³/mol. The molecule has 2 N–H and O–H groups in total. The molecule has 8 nitrogen and oxygen atoms in total. The number of hydrogen-bond donors (Lipinski definition) is 2. The number of hydrazone groups is 1. The number of morpholine rings is 1. The molecule has 3 aromatic rings. The number of anilines is 4. The fourth-order valence-corrected chi connectivity index (χ4v) is 3.18. The Balaban J connectivity index is 1.52. The van der Waals surface area contributed by atoms with Crippen LogP contribution in [0.1, 0.15) is 18.1 Å². The van der Waals surface area contributed by atoms with Gasteiger partial charge >= 0.3 is 0 Å². The van der Waals surface area contributed by atoms with Crippen LogP contribution in [0.15, 0.2) is 65.3 Å². The maximum Gasteiger partial charge on any atom is 0.250 e. The molecule has 32 heavy (non-hydrogen) atoms. The van der Waals surface area contributed by atoms with Crippen LogP contribution in [0.4, 0.5) is 23.5 Å². The highest BCUT2D eigenvalue weighted by molar-refractivity contribution is 5.85. The summed E-state index contributed by atoms with van der Waals surface area (Å²) in [4.78, 5) is 15.7. The van der Waals surface area contributed by atoms with Crippen molar-refractivity contribution in [3.8, 4) is 0 Å². The first-order valence-electron chi connectivity index (χ1n) is 10.6. The van der Waals surface area contributed by atoms with Crippen molar-refractivity contribution in [2.75, 3.05) is 41.9 Å². The molecule has 0 bridgehead atoms. The van der Waals surface area contributed by atoms with E-state index in [1.165, 1.54) is 5.56 Å². The number of aryl methyl sites for hydroxylation is 1. The summed E-state index contributed by atoms with van der Waals surface area (Å²) in [5, 5.41) is 7.58. The Morgan fingerprint density at radius 2 is 1.69 bits per heavy atom. The summed E-state index contributed by atoms with van der Waals surface area (Å²) in [6, 6.07) is 18.2. The van der Waals surface area contributed by atoms with Crippen molar-refractivity contribution >= 4 is 35.8 Å². The maximum atomic E-state index is 5.45. The molecule has 1 fully saturated rings. The second kappa shape index (κ2) is 10.5. The van der Waals surface area contributed by atoms with Gasteiger partial charge in [0.15, 0.2) is 0 Å². The molecule has 1 saturated heterocycles. The maximum absolute atomic E-state index is 5.45. The topological polar surface area (TPSA) is 87.6 Å². The summed E-state index contributed by atoms with van der Waals surface area (Å²) in [6.45, 7) is 6.81. The van der Waals surface area contributed by atoms with Crippen molar-refractivity contribution in [1.29, 1.82) is 0 Å². The highest BCUT2D eigenvalue weighted by Crippen LogP contribution is 2.19. The van der Waals surface area contributed by atoms with Crippen LogP contribution in [-0.2, 0) is 4.74 Å². The van der Waals surface area contributed by atoms with Crippen molar-refractivity contribution in [1.82, 2.24) is 15.0 Å². The van der Waals surface area contributed by atoms with Gasteiger partial charge in [0.2, 0.25) is 17.8 Å². The van der Waals surface area contributed by atoms with Crippen molar-refractivity contribution in [3.05, 3.63) is 71.3 Å². The number of nitrogens with one attached hydrogen (secondary N) is 2. The van der Waals surface area contributed by atoms with Gasteiger partial charge in [0.1, 0.15) is 0 Å². The molecule has 4 rings (SSSR count). The number of rotatable bonds is 7. The summed E-state index contributed by atoms with van der Waals surface area (Å²) < 4.78 is 5.45. The third-order valence-electron chi connectivity index (χ3n) is 4.85. The normalized spacial score (nSPS) is 14.6. The molecular weight excluding hydrogens is 402 g/mol. The lowest BCUT2D eigenvalue weighted by atomic mass is 10.1. The summed E-state index contributed by atoms with van der Waals surface area (Å²) in [7, 11) is 0. The lowest BCUT2D eigenvalue weighted by Crippen LogP contribution is -2.37. The Morgan fingerprint density at radius 1 is 0.969 bits per heavy atom. The van der Waals surface area contributed by atoms with Gasteiger partial charge in [0.25, 0.3) is 0 Å². The lowest BCUT2D eigenvalue weighted by molar-refractivity contribution is 0.122. The largest absolute Gasteiger partial charge is 0.378 e. The summed E-state index contributed by atoms with van der Waals surface area (Å²) >= 11 is 0. The fourth-order valence-electron chi connectivity index (χ4n) is 3.18. The SMILES string of the molecule is CC(/C=N/Nc1nc(Nc2ccc(C)cc2)nc(N2CCOCC2)n1)=C\c1ccccc1. The number of ether oxygens (including phenoxy) is 1. The molecule has 1 aliphatic heterocycles. The lowest BCUT2D eigenvalue weighted by Gasteiger charge is -2.27. The monoisotopic (exact) mass is 429 g/mol. The Labute approximate surface area is 188 Å². The van der Waals surface area contributed by atoms with Crippen LogP contribution in [0.25, 0.3) is 6.08 Å². The number of benzene rings is 2. The Kier molecular flexibility index (Phi) is 7.04. The second-order valence-electron chi connectivity index (χ2n) is 7.54. The first kappa shape index (κ1) is 21.5. The first-order valence-corrected chi connectivity index (χ1v) is 10.6. The molecule has 1 aliphatic rings. The smallest absolute Gasteiger partial charge is 0.250 e. The minimum absolute atomic E-state index is 0.375. The van der Waals surface area contributed by atoms with Gasteiger partial charge in [-0.25, -0.2) is 5.43 Å². The third kappa shape index (κ3) is 6.12. The molecule has 164 valence electrons. The van der Waals surface area contributed by atoms with Crippen molar-refractivity contribution in [2.24, 2.45) is 5.10 Å². The summed E-state index contributed by atoms with van der Waals surface area (Å²) in [6.07, 6.45) is 3.81. The Bertz CT molecular complexity index is 1080. The van der Waals surface area contributed by atoms with E-state index in [4.69, 9.17) is 4.74 Å². The van der Waals surface area contributed by atoms with Crippen molar-refractivity contribution < 1.29 is 4.74 Å². The van der Waals surface area contributed by atoms with Crippen LogP contribution in [-0.4, -0.2) is 47.5 Å². The molecule has 0 aliphatic carbocycles. The van der Waals surface area contributed by atoms with Crippen molar-refractivity contribution in [2.45, 2.75) is 13.8 Å². The van der Waals surface area contributed by atoms with Crippen LogP contribution in [0, 0.1) is 6.92 Å². The molecule has 0 unspecified atom stereocenters. The van der Waals surface area contributed by atoms with Gasteiger partial charge in [-0.3, -0.25) is 0 Å². The Morgan fingerprint density at radius 3 is 2.44 bits per heavy atom. The highest BCUT2D eigenvalue weighted by Gasteiger charge is 2.16. The van der Waals surface area contributed by atoms with Crippen LogP contribution in [0.2, 0.25) is 0 Å². The van der Waals surface area contributed by atoms with E-state index in [2.05, 4.69) is 48.7 Å². The van der Waals surface area contributed by atoms with Gasteiger partial charge in [-0.15, -0.1) is 0 Å². The van der Waals surface area contributed by atoms with Gasteiger partial charge in [-0.2, -0.15) is 20.1 Å². The molecule has 2 heterocycles. The molecule has 0 amide bonds. The minimum Gasteiger partial charge on any atom is -0.378 e. The fraction of sp³-hybridized carbons (Fsp3) is 0.250. The molecule has 0 radical (unpaired) electrons. The van der Waals surface area contributed by atoms with Crippen molar-refractivity contribution in [3.63, 3.8) is 0 Å². The standard InChI is InChI=1S/C24H27N7O/c1-18-8-10-21(11-9-18)26-22-27-23(29-24(28-22)31-12-14-32-15-13-31)30-25-17-19(2)16-20-6-4-3-5-7-20/h3-11,16-17H,12-15H2,1-2H3,(H2,26,27,28,29,30)/b19-16+,25-17+. The van der Waals surface area contributed by atoms with E-state index >= 15 is 0 Å². The van der Waals surface area contributed by atoms with Gasteiger partial charge in [-0.1, -0.05) is 54.1 Å². The highest BCUT2D eigenvalue weighted by atomic mass is 16.5. The molecule has 1 aromatic heterocycles. The number of aromatic nitrogens is 3. The zero-order valence-corrected chi connectivity index (χ0v) is 18.3. The van der Waals surface area contributed by atoms with Crippen LogP contribution < -0.4 is 15.6 Å². The zero-order chi connectivity index (χ0) is 22.2. The quantitative estimate of drug-likeness (QED) is 0.428. The third-order valence-corrected chi connectivity index (χ3v) is 4.85. The predicted octanol–water partition coefficient (Wildman–Crippen LogP) is 4.26. The van der Waals surface area contributed by atoms with E-state index in [-0.39, 0.29) is 0 Å². The van der Waals surface area contributed by atoms with E-state index in [1.54, 1.807) is 6.21 Å². The second-order valence-corrected chi connectivity index (χ2v) is 7.54. The van der Waals surface area contributed by atoms with E-state index in [9.17, 15) is 0 Å². The number of allylic oxidation sites excluding steroid dienone is 1. The van der Waals surface area contributed by atoms with Gasteiger partial charge in [-0.05, 0) is 37.1 Å². The molecule has 0 spiro atoms. The van der Waals surface area contributed by atoms with Crippen LogP contribution in [0.3, 0.4) is 0 Å². The molecular formula is C24H27N7O. The average molecular weight is 430 g/mol. The molecule has 2 aromatic carbocycles. The average Bonchev–Trinajstić information content (AvgIpc) is 2.82. The Hall–Kier alpha value is -3.78. The van der Waals surface area contributed by atoms with Gasteiger partial charge < -0.3 is 15.0 Å². The van der Waals surface area contributed by atoms with E-state index < -0.39 is 0 Å². The number of nitrogens with zero attached hydrogens (tertiary/aromatic N) is 5. The van der Waals surface area contributed by atoms with E-state index in [0.29, 0.717) is 31.1 Å². The molecule has 0 atom stereocenters.